The first-order chi connectivity index (χ1) is 10.5. The maximum atomic E-state index is 6.33. The number of allylic oxidation sites excluding steroid dienone is 2. The fourth-order valence-electron chi connectivity index (χ4n) is 4.55. The molecule has 2 rings (SSSR count). The minimum absolute atomic E-state index is 0.143. The number of ether oxygens (including phenoxy) is 1. The van der Waals surface area contributed by atoms with Gasteiger partial charge >= 0.3 is 0 Å². The lowest BCUT2D eigenvalue weighted by Gasteiger charge is -2.39. The van der Waals surface area contributed by atoms with Crippen molar-refractivity contribution in [2.45, 2.75) is 93.1 Å². The van der Waals surface area contributed by atoms with Crippen molar-refractivity contribution in [3.05, 3.63) is 44.7 Å². The minimum atomic E-state index is 0.143. The molecule has 1 aliphatic heterocycles. The van der Waals surface area contributed by atoms with Crippen molar-refractivity contribution in [3.8, 4) is 0 Å². The van der Waals surface area contributed by atoms with Crippen LogP contribution in [-0.2, 0) is 16.6 Å². The Morgan fingerprint density at radius 3 is 2.00 bits per heavy atom. The summed E-state index contributed by atoms with van der Waals surface area (Å²) in [6, 6.07) is 0. The van der Waals surface area contributed by atoms with E-state index in [1.165, 1.54) is 33.6 Å². The summed E-state index contributed by atoms with van der Waals surface area (Å²) in [4.78, 5) is 0. The molecule has 1 aromatic carbocycles. The molecule has 0 saturated heterocycles. The summed E-state index contributed by atoms with van der Waals surface area (Å²) in [5.41, 5.74) is 10.4. The van der Waals surface area contributed by atoms with Gasteiger partial charge in [-0.15, -0.1) is 0 Å². The van der Waals surface area contributed by atoms with Crippen LogP contribution in [-0.4, -0.2) is 0 Å². The third kappa shape index (κ3) is 2.84. The highest BCUT2D eigenvalue weighted by atomic mass is 16.5. The van der Waals surface area contributed by atoms with Crippen molar-refractivity contribution in [3.63, 3.8) is 0 Å². The van der Waals surface area contributed by atoms with Crippen molar-refractivity contribution in [2.75, 3.05) is 0 Å². The van der Waals surface area contributed by atoms with Crippen LogP contribution in [0.3, 0.4) is 0 Å². The van der Waals surface area contributed by atoms with Gasteiger partial charge in [0.05, 0.1) is 0 Å². The summed E-state index contributed by atoms with van der Waals surface area (Å²) in [6.07, 6.45) is 1.23. The van der Waals surface area contributed by atoms with Crippen LogP contribution in [0.15, 0.2) is 11.3 Å². The number of rotatable bonds is 1. The summed E-state index contributed by atoms with van der Waals surface area (Å²) in [5.74, 6) is 1.52. The largest absolute Gasteiger partial charge is 0.490 e. The van der Waals surface area contributed by atoms with Gasteiger partial charge in [0.2, 0.25) is 0 Å². The van der Waals surface area contributed by atoms with Crippen molar-refractivity contribution in [1.82, 2.24) is 0 Å². The maximum absolute atomic E-state index is 6.33. The van der Waals surface area contributed by atoms with E-state index in [1.54, 1.807) is 11.1 Å². The minimum Gasteiger partial charge on any atom is -0.490 e. The maximum Gasteiger partial charge on any atom is 0.121 e. The van der Waals surface area contributed by atoms with E-state index in [2.05, 4.69) is 69.2 Å². The molecule has 1 aliphatic rings. The summed E-state index contributed by atoms with van der Waals surface area (Å²) in [7, 11) is 0. The van der Waals surface area contributed by atoms with Crippen LogP contribution < -0.4 is 0 Å². The normalized spacial score (nSPS) is 21.0. The van der Waals surface area contributed by atoms with Crippen molar-refractivity contribution < 1.29 is 4.74 Å². The Morgan fingerprint density at radius 2 is 1.57 bits per heavy atom. The highest BCUT2D eigenvalue weighted by Gasteiger charge is 2.35. The zero-order valence-corrected chi connectivity index (χ0v) is 16.8. The predicted molar refractivity (Wildman–Crippen MR) is 100 cm³/mol. The smallest absolute Gasteiger partial charge is 0.121 e. The highest BCUT2D eigenvalue weighted by molar-refractivity contribution is 5.57. The standard InChI is InChI=1S/C22H34O/c1-11-17-19-15(6)21(12(2)3)23-16(7)18(19)13(4)14(5)20(17)22(8,9)10/h15-16H,11H2,1-10H3. The molecule has 23 heavy (non-hydrogen) atoms. The number of fused-ring (bicyclic) bond motifs is 1. The molecule has 128 valence electrons. The third-order valence-electron chi connectivity index (χ3n) is 5.39. The quantitative estimate of drug-likeness (QED) is 0.563. The van der Waals surface area contributed by atoms with E-state index in [9.17, 15) is 0 Å². The second kappa shape index (κ2) is 6.00. The second-order valence-electron chi connectivity index (χ2n) is 8.38. The van der Waals surface area contributed by atoms with E-state index in [4.69, 9.17) is 4.74 Å². The van der Waals surface area contributed by atoms with Crippen LogP contribution in [0.1, 0.15) is 101 Å². The Balaban J connectivity index is 2.94. The molecule has 2 atom stereocenters. The van der Waals surface area contributed by atoms with E-state index < -0.39 is 0 Å². The van der Waals surface area contributed by atoms with Gasteiger partial charge in [0, 0.05) is 5.92 Å². The monoisotopic (exact) mass is 314 g/mol. The molecule has 1 heterocycles. The van der Waals surface area contributed by atoms with Crippen molar-refractivity contribution >= 4 is 0 Å². The molecule has 1 aromatic rings. The Morgan fingerprint density at radius 1 is 1.00 bits per heavy atom. The van der Waals surface area contributed by atoms with Gasteiger partial charge < -0.3 is 4.74 Å². The van der Waals surface area contributed by atoms with Gasteiger partial charge in [0.15, 0.2) is 0 Å². The van der Waals surface area contributed by atoms with Gasteiger partial charge in [-0.25, -0.2) is 0 Å². The lowest BCUT2D eigenvalue weighted by Crippen LogP contribution is -2.26. The molecule has 0 fully saturated rings. The fourth-order valence-corrected chi connectivity index (χ4v) is 4.55. The van der Waals surface area contributed by atoms with Crippen LogP contribution in [0.25, 0.3) is 0 Å². The van der Waals surface area contributed by atoms with E-state index >= 15 is 0 Å². The lowest BCUT2D eigenvalue weighted by atomic mass is 9.71. The molecule has 1 nitrogen and oxygen atoms in total. The molecule has 0 saturated carbocycles. The summed E-state index contributed by atoms with van der Waals surface area (Å²) < 4.78 is 6.33. The summed E-state index contributed by atoms with van der Waals surface area (Å²) >= 11 is 0. The third-order valence-corrected chi connectivity index (χ3v) is 5.39. The molecular weight excluding hydrogens is 280 g/mol. The Bertz CT molecular complexity index is 652. The predicted octanol–water partition coefficient (Wildman–Crippen LogP) is 6.65. The number of hydrogen-bond acceptors (Lipinski definition) is 1. The van der Waals surface area contributed by atoms with Gasteiger partial charge in [-0.1, -0.05) is 34.6 Å². The molecular formula is C22H34O. The molecule has 1 heteroatoms. The Kier molecular flexibility index (Phi) is 4.72. The summed E-state index contributed by atoms with van der Waals surface area (Å²) in [6.45, 7) is 22.8. The molecule has 0 spiro atoms. The summed E-state index contributed by atoms with van der Waals surface area (Å²) in [5, 5.41) is 0. The number of hydrogen-bond donors (Lipinski definition) is 0. The first-order valence-electron chi connectivity index (χ1n) is 9.02. The topological polar surface area (TPSA) is 9.23 Å². The number of benzene rings is 1. The zero-order valence-electron chi connectivity index (χ0n) is 16.8. The first-order valence-corrected chi connectivity index (χ1v) is 9.02. The van der Waals surface area contributed by atoms with Crippen LogP contribution in [0.5, 0.6) is 0 Å². The van der Waals surface area contributed by atoms with Gasteiger partial charge in [0.25, 0.3) is 0 Å². The fraction of sp³-hybridized carbons (Fsp3) is 0.636. The van der Waals surface area contributed by atoms with Gasteiger partial charge in [-0.3, -0.25) is 0 Å². The van der Waals surface area contributed by atoms with Crippen molar-refractivity contribution in [1.29, 1.82) is 0 Å². The van der Waals surface area contributed by atoms with Crippen molar-refractivity contribution in [2.24, 2.45) is 0 Å². The second-order valence-corrected chi connectivity index (χ2v) is 8.38. The van der Waals surface area contributed by atoms with Gasteiger partial charge in [-0.05, 0) is 85.4 Å². The molecule has 2 unspecified atom stereocenters. The SMILES string of the molecule is CCc1c2c(c(C)c(C)c1C(C)(C)C)C(C)OC(=C(C)C)C2C. The van der Waals surface area contributed by atoms with E-state index in [-0.39, 0.29) is 11.5 Å². The van der Waals surface area contributed by atoms with E-state index in [0.29, 0.717) is 5.92 Å². The Hall–Kier alpha value is -1.24. The van der Waals surface area contributed by atoms with Gasteiger partial charge in [0.1, 0.15) is 11.9 Å². The molecule has 0 N–H and O–H groups in total. The average molecular weight is 315 g/mol. The average Bonchev–Trinajstić information content (AvgIpc) is 2.43. The van der Waals surface area contributed by atoms with Crippen LogP contribution in [0, 0.1) is 13.8 Å². The highest BCUT2D eigenvalue weighted by Crippen LogP contribution is 2.48. The van der Waals surface area contributed by atoms with Crippen LogP contribution in [0.2, 0.25) is 0 Å². The lowest BCUT2D eigenvalue weighted by molar-refractivity contribution is 0.102. The van der Waals surface area contributed by atoms with E-state index in [0.717, 1.165) is 6.42 Å². The molecule has 0 radical (unpaired) electrons. The van der Waals surface area contributed by atoms with E-state index in [1.807, 2.05) is 0 Å². The molecule has 0 bridgehead atoms. The van der Waals surface area contributed by atoms with Crippen LogP contribution in [0.4, 0.5) is 0 Å². The first kappa shape index (κ1) is 18.1. The molecule has 0 amide bonds. The van der Waals surface area contributed by atoms with Gasteiger partial charge in [-0.2, -0.15) is 0 Å². The molecule has 0 aromatic heterocycles. The zero-order chi connectivity index (χ0) is 17.7. The van der Waals surface area contributed by atoms with Crippen LogP contribution >= 0.6 is 0 Å². The molecule has 0 aliphatic carbocycles. The Labute approximate surface area is 143 Å².